The van der Waals surface area contributed by atoms with Gasteiger partial charge in [-0.1, -0.05) is 18.2 Å². The first kappa shape index (κ1) is 13.9. The number of aryl methyl sites for hydroxylation is 1. The Labute approximate surface area is 116 Å². The molecule has 104 valence electrons. The van der Waals surface area contributed by atoms with Gasteiger partial charge in [-0.05, 0) is 23.8 Å². The number of nitrogens with one attached hydrogen (secondary N) is 1. The molecule has 5 nitrogen and oxygen atoms in total. The van der Waals surface area contributed by atoms with Crippen LogP contribution in [0, 0.1) is 0 Å². The number of carbonyl (C=O) groups is 2. The predicted octanol–water partition coefficient (Wildman–Crippen LogP) is 2.48. The van der Waals surface area contributed by atoms with Crippen LogP contribution >= 0.6 is 0 Å². The number of rotatable bonds is 6. The number of furan rings is 1. The number of carboxylic acids is 1. The monoisotopic (exact) mass is 273 g/mol. The summed E-state index contributed by atoms with van der Waals surface area (Å²) in [6.07, 6.45) is 2.25. The van der Waals surface area contributed by atoms with E-state index in [0.29, 0.717) is 17.7 Å². The van der Waals surface area contributed by atoms with Crippen molar-refractivity contribution in [1.29, 1.82) is 0 Å². The lowest BCUT2D eigenvalue weighted by molar-refractivity contribution is -0.136. The number of para-hydroxylation sites is 1. The molecule has 1 amide bonds. The lowest BCUT2D eigenvalue weighted by Crippen LogP contribution is -2.14. The first-order valence-corrected chi connectivity index (χ1v) is 6.27. The minimum absolute atomic E-state index is 0.116. The van der Waals surface area contributed by atoms with E-state index in [4.69, 9.17) is 9.52 Å². The number of amides is 1. The lowest BCUT2D eigenvalue weighted by Gasteiger charge is -2.09. The average Bonchev–Trinajstić information content (AvgIpc) is 2.91. The Morgan fingerprint density at radius 2 is 1.95 bits per heavy atom. The second-order valence-corrected chi connectivity index (χ2v) is 4.36. The van der Waals surface area contributed by atoms with Crippen LogP contribution in [0.3, 0.4) is 0 Å². The van der Waals surface area contributed by atoms with Gasteiger partial charge in [-0.3, -0.25) is 9.59 Å². The fourth-order valence-corrected chi connectivity index (χ4v) is 1.86. The van der Waals surface area contributed by atoms with E-state index >= 15 is 0 Å². The Morgan fingerprint density at radius 1 is 1.15 bits per heavy atom. The third kappa shape index (κ3) is 3.98. The molecule has 1 aromatic heterocycles. The molecule has 0 radical (unpaired) electrons. The topological polar surface area (TPSA) is 79.5 Å². The molecule has 1 aromatic carbocycles. The molecule has 5 heteroatoms. The van der Waals surface area contributed by atoms with E-state index in [1.165, 1.54) is 0 Å². The molecule has 20 heavy (non-hydrogen) atoms. The van der Waals surface area contributed by atoms with Gasteiger partial charge in [0.1, 0.15) is 5.76 Å². The van der Waals surface area contributed by atoms with Crippen LogP contribution in [0.4, 0.5) is 5.69 Å². The van der Waals surface area contributed by atoms with Gasteiger partial charge < -0.3 is 14.8 Å². The standard InChI is InChI=1S/C15H15NO4/c17-14(8-7-12-5-3-9-20-12)16-13-6-2-1-4-11(13)10-15(18)19/h1-6,9H,7-8,10H2,(H,16,17)(H,18,19). The largest absolute Gasteiger partial charge is 0.481 e. The molecule has 0 saturated heterocycles. The van der Waals surface area contributed by atoms with Crippen molar-refractivity contribution < 1.29 is 19.1 Å². The average molecular weight is 273 g/mol. The second kappa shape index (κ2) is 6.56. The van der Waals surface area contributed by atoms with E-state index in [1.807, 2.05) is 6.07 Å². The SMILES string of the molecule is O=C(O)Cc1ccccc1NC(=O)CCc1ccco1. The maximum absolute atomic E-state index is 11.8. The van der Waals surface area contributed by atoms with Gasteiger partial charge in [0.25, 0.3) is 0 Å². The molecule has 0 atom stereocenters. The molecule has 2 rings (SSSR count). The summed E-state index contributed by atoms with van der Waals surface area (Å²) in [5.41, 5.74) is 1.13. The van der Waals surface area contributed by atoms with Gasteiger partial charge in [0, 0.05) is 18.5 Å². The number of carboxylic acid groups (broad SMARTS) is 1. The molecule has 0 unspecified atom stereocenters. The van der Waals surface area contributed by atoms with Crippen LogP contribution < -0.4 is 5.32 Å². The van der Waals surface area contributed by atoms with Crippen molar-refractivity contribution >= 4 is 17.6 Å². The molecule has 0 aliphatic carbocycles. The summed E-state index contributed by atoms with van der Waals surface area (Å²) in [5.74, 6) is -0.347. The molecule has 0 fully saturated rings. The van der Waals surface area contributed by atoms with Crippen molar-refractivity contribution in [2.75, 3.05) is 5.32 Å². The van der Waals surface area contributed by atoms with Gasteiger partial charge in [-0.2, -0.15) is 0 Å². The van der Waals surface area contributed by atoms with E-state index in [1.54, 1.807) is 36.6 Å². The maximum atomic E-state index is 11.8. The molecule has 2 aromatic rings. The summed E-state index contributed by atoms with van der Waals surface area (Å²) in [6.45, 7) is 0. The zero-order valence-corrected chi connectivity index (χ0v) is 10.8. The molecule has 0 aliphatic heterocycles. The first-order valence-electron chi connectivity index (χ1n) is 6.27. The van der Waals surface area contributed by atoms with E-state index in [-0.39, 0.29) is 18.7 Å². The molecule has 0 saturated carbocycles. The number of benzene rings is 1. The van der Waals surface area contributed by atoms with Crippen molar-refractivity contribution in [3.8, 4) is 0 Å². The maximum Gasteiger partial charge on any atom is 0.307 e. The van der Waals surface area contributed by atoms with Crippen LogP contribution in [-0.4, -0.2) is 17.0 Å². The van der Waals surface area contributed by atoms with Crippen molar-refractivity contribution in [3.05, 3.63) is 54.0 Å². The van der Waals surface area contributed by atoms with Crippen molar-refractivity contribution in [3.63, 3.8) is 0 Å². The van der Waals surface area contributed by atoms with E-state index in [0.717, 1.165) is 5.76 Å². The highest BCUT2D eigenvalue weighted by Crippen LogP contribution is 2.16. The van der Waals surface area contributed by atoms with Gasteiger partial charge in [-0.25, -0.2) is 0 Å². The lowest BCUT2D eigenvalue weighted by atomic mass is 10.1. The van der Waals surface area contributed by atoms with Crippen molar-refractivity contribution in [1.82, 2.24) is 0 Å². The van der Waals surface area contributed by atoms with Crippen LogP contribution in [0.15, 0.2) is 47.1 Å². The Morgan fingerprint density at radius 3 is 2.65 bits per heavy atom. The zero-order valence-electron chi connectivity index (χ0n) is 10.8. The predicted molar refractivity (Wildman–Crippen MR) is 73.4 cm³/mol. The Balaban J connectivity index is 1.95. The Kier molecular flexibility index (Phi) is 4.55. The smallest absolute Gasteiger partial charge is 0.307 e. The van der Waals surface area contributed by atoms with Crippen molar-refractivity contribution in [2.24, 2.45) is 0 Å². The molecule has 0 aliphatic rings. The van der Waals surface area contributed by atoms with Gasteiger partial charge in [-0.15, -0.1) is 0 Å². The highest BCUT2D eigenvalue weighted by molar-refractivity contribution is 5.92. The fourth-order valence-electron chi connectivity index (χ4n) is 1.86. The van der Waals surface area contributed by atoms with Crippen molar-refractivity contribution in [2.45, 2.75) is 19.3 Å². The van der Waals surface area contributed by atoms with Gasteiger partial charge in [0.2, 0.25) is 5.91 Å². The summed E-state index contributed by atoms with van der Waals surface area (Å²) in [4.78, 5) is 22.6. The number of hydrogen-bond donors (Lipinski definition) is 2. The fraction of sp³-hybridized carbons (Fsp3) is 0.200. The molecular formula is C15H15NO4. The third-order valence-electron chi connectivity index (χ3n) is 2.81. The minimum atomic E-state index is -0.928. The number of carbonyl (C=O) groups excluding carboxylic acids is 1. The Bertz CT molecular complexity index is 590. The molecular weight excluding hydrogens is 258 g/mol. The van der Waals surface area contributed by atoms with E-state index in [9.17, 15) is 9.59 Å². The number of aliphatic carboxylic acids is 1. The van der Waals surface area contributed by atoms with Gasteiger partial charge in [0.15, 0.2) is 0 Å². The van der Waals surface area contributed by atoms with Crippen LogP contribution in [-0.2, 0) is 22.4 Å². The quantitative estimate of drug-likeness (QED) is 0.847. The first-order chi connectivity index (χ1) is 9.65. The summed E-state index contributed by atoms with van der Waals surface area (Å²) < 4.78 is 5.15. The van der Waals surface area contributed by atoms with E-state index < -0.39 is 5.97 Å². The number of hydrogen-bond acceptors (Lipinski definition) is 3. The van der Waals surface area contributed by atoms with Crippen LogP contribution in [0.5, 0.6) is 0 Å². The van der Waals surface area contributed by atoms with Crippen LogP contribution in [0.1, 0.15) is 17.7 Å². The highest BCUT2D eigenvalue weighted by Gasteiger charge is 2.09. The highest BCUT2D eigenvalue weighted by atomic mass is 16.4. The molecule has 0 bridgehead atoms. The van der Waals surface area contributed by atoms with Crippen LogP contribution in [0.2, 0.25) is 0 Å². The van der Waals surface area contributed by atoms with E-state index in [2.05, 4.69) is 5.32 Å². The summed E-state index contributed by atoms with van der Waals surface area (Å²) in [5, 5.41) is 11.6. The molecule has 1 heterocycles. The summed E-state index contributed by atoms with van der Waals surface area (Å²) in [7, 11) is 0. The number of anilines is 1. The summed E-state index contributed by atoms with van der Waals surface area (Å²) in [6, 6.07) is 10.5. The van der Waals surface area contributed by atoms with Gasteiger partial charge >= 0.3 is 5.97 Å². The molecule has 0 spiro atoms. The minimum Gasteiger partial charge on any atom is -0.481 e. The van der Waals surface area contributed by atoms with Crippen LogP contribution in [0.25, 0.3) is 0 Å². The third-order valence-corrected chi connectivity index (χ3v) is 2.81. The second-order valence-electron chi connectivity index (χ2n) is 4.36. The summed E-state index contributed by atoms with van der Waals surface area (Å²) >= 11 is 0. The van der Waals surface area contributed by atoms with Gasteiger partial charge in [0.05, 0.1) is 12.7 Å². The molecule has 2 N–H and O–H groups in total. The zero-order chi connectivity index (χ0) is 14.4. The Hall–Kier alpha value is -2.56. The normalized spacial score (nSPS) is 10.2.